The maximum Gasteiger partial charge on any atom is 0.234 e. The molecule has 0 aromatic heterocycles. The summed E-state index contributed by atoms with van der Waals surface area (Å²) in [6.07, 6.45) is 2.30. The minimum Gasteiger partial charge on any atom is -0.392 e. The SMILES string of the molecule is CC(CS(N)(=O)=O)c1ccc(C2C(O)CC(C)C3NC(=O)C4SC=CC4C32)cc1. The third-order valence-electron chi connectivity index (χ3n) is 6.73. The molecule has 3 aliphatic rings. The van der Waals surface area contributed by atoms with E-state index in [1.807, 2.05) is 36.6 Å². The molecule has 1 aromatic carbocycles. The molecule has 2 fully saturated rings. The number of aliphatic hydroxyl groups excluding tert-OH is 1. The number of allylic oxidation sites excluding steroid dienone is 1. The number of primary sulfonamides is 1. The fourth-order valence-corrected chi connectivity index (χ4v) is 7.39. The number of fused-ring (bicyclic) bond motifs is 3. The summed E-state index contributed by atoms with van der Waals surface area (Å²) in [6, 6.07) is 7.90. The van der Waals surface area contributed by atoms with E-state index in [2.05, 4.69) is 18.3 Å². The van der Waals surface area contributed by atoms with Crippen LogP contribution < -0.4 is 10.5 Å². The molecule has 1 amide bonds. The van der Waals surface area contributed by atoms with Gasteiger partial charge in [0.2, 0.25) is 15.9 Å². The summed E-state index contributed by atoms with van der Waals surface area (Å²) in [5.41, 5.74) is 1.94. The van der Waals surface area contributed by atoms with E-state index >= 15 is 0 Å². The summed E-state index contributed by atoms with van der Waals surface area (Å²) >= 11 is 1.56. The number of benzene rings is 1. The highest BCUT2D eigenvalue weighted by atomic mass is 32.2. The number of carbonyl (C=O) groups excluding carboxylic acids is 1. The summed E-state index contributed by atoms with van der Waals surface area (Å²) in [5.74, 6) is 0.186. The van der Waals surface area contributed by atoms with E-state index in [0.717, 1.165) is 11.1 Å². The number of carbonyl (C=O) groups is 1. The number of hydrogen-bond donors (Lipinski definition) is 3. The van der Waals surface area contributed by atoms with Crippen molar-refractivity contribution in [3.8, 4) is 0 Å². The number of piperidine rings is 1. The molecule has 4 N–H and O–H groups in total. The molecule has 1 saturated carbocycles. The Labute approximate surface area is 176 Å². The van der Waals surface area contributed by atoms with Gasteiger partial charge in [0, 0.05) is 17.9 Å². The number of aliphatic hydroxyl groups is 1. The van der Waals surface area contributed by atoms with Gasteiger partial charge in [-0.25, -0.2) is 13.6 Å². The van der Waals surface area contributed by atoms with Gasteiger partial charge in [0.1, 0.15) is 0 Å². The van der Waals surface area contributed by atoms with Crippen LogP contribution in [0, 0.1) is 17.8 Å². The van der Waals surface area contributed by atoms with Gasteiger partial charge in [0.15, 0.2) is 0 Å². The maximum absolute atomic E-state index is 12.5. The van der Waals surface area contributed by atoms with Gasteiger partial charge in [0.25, 0.3) is 0 Å². The summed E-state index contributed by atoms with van der Waals surface area (Å²) < 4.78 is 22.8. The molecule has 6 nitrogen and oxygen atoms in total. The Morgan fingerprint density at radius 1 is 1.31 bits per heavy atom. The number of sulfonamides is 1. The highest BCUT2D eigenvalue weighted by Crippen LogP contribution is 2.51. The van der Waals surface area contributed by atoms with Crippen molar-refractivity contribution in [1.82, 2.24) is 5.32 Å². The van der Waals surface area contributed by atoms with Crippen LogP contribution in [0.4, 0.5) is 0 Å². The predicted molar refractivity (Wildman–Crippen MR) is 115 cm³/mol. The van der Waals surface area contributed by atoms with E-state index in [1.165, 1.54) is 0 Å². The Morgan fingerprint density at radius 2 is 2.00 bits per heavy atom. The summed E-state index contributed by atoms with van der Waals surface area (Å²) in [5, 5.41) is 21.3. The lowest BCUT2D eigenvalue weighted by Crippen LogP contribution is -2.62. The van der Waals surface area contributed by atoms with E-state index in [-0.39, 0.29) is 52.5 Å². The van der Waals surface area contributed by atoms with E-state index in [0.29, 0.717) is 6.42 Å². The molecule has 1 saturated heterocycles. The Hall–Kier alpha value is -1.35. The fraction of sp³-hybridized carbons (Fsp3) is 0.571. The fourth-order valence-electron chi connectivity index (χ4n) is 5.41. The highest BCUT2D eigenvalue weighted by molar-refractivity contribution is 8.03. The Balaban J connectivity index is 1.64. The van der Waals surface area contributed by atoms with Crippen LogP contribution in [0.2, 0.25) is 0 Å². The Kier molecular flexibility index (Phi) is 5.57. The zero-order valence-corrected chi connectivity index (χ0v) is 18.2. The quantitative estimate of drug-likeness (QED) is 0.668. The van der Waals surface area contributed by atoms with Crippen LogP contribution in [0.15, 0.2) is 35.7 Å². The minimum absolute atomic E-state index is 0.0430. The van der Waals surface area contributed by atoms with Crippen LogP contribution in [-0.4, -0.2) is 42.6 Å². The van der Waals surface area contributed by atoms with Gasteiger partial charge < -0.3 is 10.4 Å². The molecule has 4 rings (SSSR count). The Morgan fingerprint density at radius 3 is 2.66 bits per heavy atom. The smallest absolute Gasteiger partial charge is 0.234 e. The first-order valence-corrected chi connectivity index (χ1v) is 12.7. The zero-order chi connectivity index (χ0) is 20.9. The molecular weight excluding hydrogens is 408 g/mol. The largest absolute Gasteiger partial charge is 0.392 e. The first kappa shape index (κ1) is 20.9. The van der Waals surface area contributed by atoms with Crippen molar-refractivity contribution in [2.24, 2.45) is 22.9 Å². The molecule has 8 unspecified atom stereocenters. The molecule has 0 bridgehead atoms. The van der Waals surface area contributed by atoms with Crippen molar-refractivity contribution in [3.05, 3.63) is 46.9 Å². The van der Waals surface area contributed by atoms with Crippen LogP contribution in [0.1, 0.15) is 43.2 Å². The molecule has 29 heavy (non-hydrogen) atoms. The van der Waals surface area contributed by atoms with Gasteiger partial charge in [-0.2, -0.15) is 0 Å². The van der Waals surface area contributed by atoms with Crippen LogP contribution >= 0.6 is 11.8 Å². The third-order valence-corrected chi connectivity index (χ3v) is 8.83. The normalized spacial score (nSPS) is 37.5. The van der Waals surface area contributed by atoms with Gasteiger partial charge in [-0.05, 0) is 40.7 Å². The average molecular weight is 437 g/mol. The second-order valence-corrected chi connectivity index (χ2v) is 11.5. The molecule has 158 valence electrons. The number of hydrogen-bond acceptors (Lipinski definition) is 5. The monoisotopic (exact) mass is 436 g/mol. The first-order valence-electron chi connectivity index (χ1n) is 10.1. The molecule has 1 aromatic rings. The second-order valence-electron chi connectivity index (χ2n) is 8.78. The van der Waals surface area contributed by atoms with Crippen LogP contribution in [0.25, 0.3) is 0 Å². The van der Waals surface area contributed by atoms with Gasteiger partial charge in [-0.1, -0.05) is 44.2 Å². The maximum atomic E-state index is 12.5. The molecule has 0 spiro atoms. The number of nitrogens with one attached hydrogen (secondary N) is 1. The summed E-state index contributed by atoms with van der Waals surface area (Å²) in [4.78, 5) is 12.5. The van der Waals surface area contributed by atoms with Crippen LogP contribution in [0.3, 0.4) is 0 Å². The van der Waals surface area contributed by atoms with Crippen molar-refractivity contribution < 1.29 is 18.3 Å². The summed E-state index contributed by atoms with van der Waals surface area (Å²) in [7, 11) is -3.54. The molecule has 0 radical (unpaired) electrons. The number of amides is 1. The molecular formula is C21H28N2O4S2. The Bertz CT molecular complexity index is 915. The lowest BCUT2D eigenvalue weighted by atomic mass is 9.60. The third kappa shape index (κ3) is 4.00. The van der Waals surface area contributed by atoms with E-state index in [1.54, 1.807) is 11.8 Å². The predicted octanol–water partition coefficient (Wildman–Crippen LogP) is 1.92. The zero-order valence-electron chi connectivity index (χ0n) is 16.6. The van der Waals surface area contributed by atoms with Crippen molar-refractivity contribution in [3.63, 3.8) is 0 Å². The number of nitrogens with two attached hydrogens (primary N) is 1. The van der Waals surface area contributed by atoms with Gasteiger partial charge >= 0.3 is 0 Å². The summed E-state index contributed by atoms with van der Waals surface area (Å²) in [6.45, 7) is 3.94. The molecule has 8 atom stereocenters. The molecule has 2 aliphatic heterocycles. The van der Waals surface area contributed by atoms with E-state index < -0.39 is 16.1 Å². The standard InChI is InChI=1S/C21H28N2O4S2/c1-11-9-16(24)17(18-15-7-8-28-20(15)21(25)23-19(11)18)14-5-3-13(4-6-14)12(2)10-29(22,26)27/h3-8,11-12,15-20,24H,9-10H2,1-2H3,(H,23,25)(H2,22,26,27). The van der Waals surface area contributed by atoms with Gasteiger partial charge in [0.05, 0.1) is 17.1 Å². The topological polar surface area (TPSA) is 109 Å². The lowest BCUT2D eigenvalue weighted by molar-refractivity contribution is -0.128. The highest BCUT2D eigenvalue weighted by Gasteiger charge is 2.53. The van der Waals surface area contributed by atoms with Gasteiger partial charge in [-0.3, -0.25) is 4.79 Å². The number of thioether (sulfide) groups is 1. The molecule has 1 aliphatic carbocycles. The average Bonchev–Trinajstić information content (AvgIpc) is 3.12. The lowest BCUT2D eigenvalue weighted by Gasteiger charge is -2.51. The van der Waals surface area contributed by atoms with Crippen molar-refractivity contribution in [1.29, 1.82) is 0 Å². The van der Waals surface area contributed by atoms with Crippen LogP contribution in [0.5, 0.6) is 0 Å². The minimum atomic E-state index is -3.54. The van der Waals surface area contributed by atoms with Crippen molar-refractivity contribution >= 4 is 27.7 Å². The van der Waals surface area contributed by atoms with E-state index in [9.17, 15) is 18.3 Å². The molecule has 2 heterocycles. The second kappa shape index (κ2) is 7.72. The van der Waals surface area contributed by atoms with Crippen molar-refractivity contribution in [2.45, 2.75) is 49.5 Å². The molecule has 8 heteroatoms. The van der Waals surface area contributed by atoms with Gasteiger partial charge in [-0.15, -0.1) is 11.8 Å². The van der Waals surface area contributed by atoms with E-state index in [4.69, 9.17) is 5.14 Å². The van der Waals surface area contributed by atoms with Crippen molar-refractivity contribution in [2.75, 3.05) is 5.75 Å². The first-order chi connectivity index (χ1) is 13.7. The number of rotatable bonds is 4. The van der Waals surface area contributed by atoms with Crippen LogP contribution in [-0.2, 0) is 14.8 Å².